The van der Waals surface area contributed by atoms with Crippen LogP contribution in [0.2, 0.25) is 0 Å². The minimum Gasteiger partial charge on any atom is -0.496 e. The highest BCUT2D eigenvalue weighted by molar-refractivity contribution is 14.0. The third-order valence-corrected chi connectivity index (χ3v) is 4.32. The lowest BCUT2D eigenvalue weighted by Crippen LogP contribution is -2.38. The monoisotopic (exact) mass is 506 g/mol. The molecule has 154 valence electrons. The zero-order valence-corrected chi connectivity index (χ0v) is 19.3. The van der Waals surface area contributed by atoms with Crippen LogP contribution in [0.4, 0.5) is 0 Å². The Morgan fingerprint density at radius 3 is 2.76 bits per heavy atom. The number of halogens is 1. The van der Waals surface area contributed by atoms with E-state index in [1.165, 1.54) is 6.33 Å². The maximum Gasteiger partial charge on any atom is 0.194 e. The molecular formula is C21H27IN6O. The highest BCUT2D eigenvalue weighted by atomic mass is 127. The fourth-order valence-electron chi connectivity index (χ4n) is 2.96. The molecule has 3 aromatic rings. The van der Waals surface area contributed by atoms with E-state index in [1.54, 1.807) is 7.11 Å². The van der Waals surface area contributed by atoms with Crippen LogP contribution in [0, 0.1) is 0 Å². The molecule has 0 unspecified atom stereocenters. The summed E-state index contributed by atoms with van der Waals surface area (Å²) in [5, 5.41) is 10.2. The van der Waals surface area contributed by atoms with Gasteiger partial charge in [0, 0.05) is 31.3 Å². The summed E-state index contributed by atoms with van der Waals surface area (Å²) in [6.07, 6.45) is 1.51. The zero-order chi connectivity index (χ0) is 19.8. The van der Waals surface area contributed by atoms with Crippen LogP contribution in [-0.4, -0.2) is 46.7 Å². The molecule has 2 aromatic carbocycles. The molecule has 0 aliphatic rings. The summed E-state index contributed by atoms with van der Waals surface area (Å²) in [5.74, 6) is 2.48. The topological polar surface area (TPSA) is 78.4 Å². The number of aromatic amines is 1. The van der Waals surface area contributed by atoms with Crippen molar-refractivity contribution in [3.05, 3.63) is 66.0 Å². The van der Waals surface area contributed by atoms with E-state index in [9.17, 15) is 0 Å². The van der Waals surface area contributed by atoms with Gasteiger partial charge in [-0.1, -0.05) is 36.4 Å². The number of benzene rings is 2. The van der Waals surface area contributed by atoms with Gasteiger partial charge in [-0.15, -0.1) is 24.0 Å². The van der Waals surface area contributed by atoms with E-state index in [1.807, 2.05) is 37.4 Å². The van der Waals surface area contributed by atoms with Crippen molar-refractivity contribution in [1.29, 1.82) is 0 Å². The summed E-state index contributed by atoms with van der Waals surface area (Å²) in [6.45, 7) is 4.14. The minimum atomic E-state index is 0. The third-order valence-electron chi connectivity index (χ3n) is 4.32. The Balaban J connectivity index is 0.00000300. The van der Waals surface area contributed by atoms with Gasteiger partial charge in [-0.25, -0.2) is 9.98 Å². The lowest BCUT2D eigenvalue weighted by molar-refractivity contribution is 0.396. The van der Waals surface area contributed by atoms with Crippen LogP contribution in [0.3, 0.4) is 0 Å². The average molecular weight is 506 g/mol. The number of rotatable bonds is 7. The Hall–Kier alpha value is -2.62. The number of aromatic nitrogens is 3. The lowest BCUT2D eigenvalue weighted by atomic mass is 10.1. The highest BCUT2D eigenvalue weighted by Gasteiger charge is 2.10. The third kappa shape index (κ3) is 6.18. The zero-order valence-electron chi connectivity index (χ0n) is 16.9. The van der Waals surface area contributed by atoms with Crippen molar-refractivity contribution in [2.24, 2.45) is 4.99 Å². The molecule has 0 spiro atoms. The molecule has 7 nitrogen and oxygen atoms in total. The van der Waals surface area contributed by atoms with E-state index < -0.39 is 0 Å². The molecule has 0 bridgehead atoms. The molecule has 0 amide bonds. The number of guanidine groups is 1. The molecule has 29 heavy (non-hydrogen) atoms. The van der Waals surface area contributed by atoms with Crippen molar-refractivity contribution in [3.63, 3.8) is 0 Å². The largest absolute Gasteiger partial charge is 0.496 e. The Bertz CT molecular complexity index is 913. The Morgan fingerprint density at radius 2 is 2.03 bits per heavy atom. The molecule has 8 heteroatoms. The maximum absolute atomic E-state index is 5.46. The fraction of sp³-hybridized carbons (Fsp3) is 0.286. The van der Waals surface area contributed by atoms with E-state index in [0.29, 0.717) is 13.1 Å². The van der Waals surface area contributed by atoms with Gasteiger partial charge in [0.05, 0.1) is 13.7 Å². The smallest absolute Gasteiger partial charge is 0.194 e. The van der Waals surface area contributed by atoms with E-state index in [2.05, 4.69) is 50.5 Å². The molecule has 3 rings (SSSR count). The molecule has 0 radical (unpaired) electrons. The number of para-hydroxylation sites is 1. The van der Waals surface area contributed by atoms with Gasteiger partial charge < -0.3 is 15.0 Å². The summed E-state index contributed by atoms with van der Waals surface area (Å²) < 4.78 is 5.46. The Kier molecular flexibility index (Phi) is 8.91. The quantitative estimate of drug-likeness (QED) is 0.291. The van der Waals surface area contributed by atoms with Crippen molar-refractivity contribution in [1.82, 2.24) is 25.4 Å². The molecule has 1 heterocycles. The van der Waals surface area contributed by atoms with Crippen LogP contribution < -0.4 is 10.1 Å². The maximum atomic E-state index is 5.46. The number of hydrogen-bond donors (Lipinski definition) is 2. The number of aliphatic imine (C=N–C) groups is 1. The summed E-state index contributed by atoms with van der Waals surface area (Å²) in [6, 6.07) is 16.2. The van der Waals surface area contributed by atoms with Crippen molar-refractivity contribution >= 4 is 29.9 Å². The number of nitrogens with zero attached hydrogens (tertiary/aromatic N) is 4. The van der Waals surface area contributed by atoms with Crippen molar-refractivity contribution in [2.45, 2.75) is 20.0 Å². The molecule has 0 fully saturated rings. The molecule has 2 N–H and O–H groups in total. The molecule has 1 aromatic heterocycles. The first-order chi connectivity index (χ1) is 13.7. The van der Waals surface area contributed by atoms with Crippen LogP contribution in [0.1, 0.15) is 18.1 Å². The molecule has 0 saturated carbocycles. The summed E-state index contributed by atoms with van der Waals surface area (Å²) in [7, 11) is 3.72. The van der Waals surface area contributed by atoms with E-state index >= 15 is 0 Å². The first-order valence-electron chi connectivity index (χ1n) is 9.27. The second-order valence-electron chi connectivity index (χ2n) is 6.37. The molecule has 0 saturated heterocycles. The highest BCUT2D eigenvalue weighted by Crippen LogP contribution is 2.19. The molecule has 0 aliphatic carbocycles. The van der Waals surface area contributed by atoms with Gasteiger partial charge in [-0.3, -0.25) is 5.10 Å². The van der Waals surface area contributed by atoms with Crippen LogP contribution in [-0.2, 0) is 13.1 Å². The Labute approximate surface area is 188 Å². The number of nitrogens with one attached hydrogen (secondary N) is 2. The van der Waals surface area contributed by atoms with Crippen LogP contribution in [0.15, 0.2) is 59.9 Å². The van der Waals surface area contributed by atoms with Crippen LogP contribution in [0.5, 0.6) is 5.75 Å². The Morgan fingerprint density at radius 1 is 1.21 bits per heavy atom. The second-order valence-corrected chi connectivity index (χ2v) is 6.37. The van der Waals surface area contributed by atoms with Crippen molar-refractivity contribution in [3.8, 4) is 17.1 Å². The number of ether oxygens (including phenoxy) is 1. The first-order valence-corrected chi connectivity index (χ1v) is 9.27. The molecule has 0 atom stereocenters. The fourth-order valence-corrected chi connectivity index (χ4v) is 2.96. The van der Waals surface area contributed by atoms with Crippen molar-refractivity contribution < 1.29 is 4.74 Å². The van der Waals surface area contributed by atoms with Gasteiger partial charge in [0.2, 0.25) is 0 Å². The average Bonchev–Trinajstić information content (AvgIpc) is 3.26. The summed E-state index contributed by atoms with van der Waals surface area (Å²) >= 11 is 0. The number of methoxy groups -OCH3 is 1. The predicted molar refractivity (Wildman–Crippen MR) is 127 cm³/mol. The number of H-pyrrole nitrogens is 1. The second kappa shape index (κ2) is 11.4. The van der Waals surface area contributed by atoms with E-state index in [0.717, 1.165) is 40.8 Å². The van der Waals surface area contributed by atoms with E-state index in [4.69, 9.17) is 9.73 Å². The van der Waals surface area contributed by atoms with Gasteiger partial charge in [-0.05, 0) is 24.6 Å². The molecule has 0 aliphatic heterocycles. The van der Waals surface area contributed by atoms with Crippen LogP contribution >= 0.6 is 24.0 Å². The summed E-state index contributed by atoms with van der Waals surface area (Å²) in [4.78, 5) is 11.1. The van der Waals surface area contributed by atoms with Crippen LogP contribution in [0.25, 0.3) is 11.4 Å². The van der Waals surface area contributed by atoms with Gasteiger partial charge in [0.1, 0.15) is 12.1 Å². The SMILES string of the molecule is CCNC(=NCc1cccc(-c2ncn[nH]2)c1)N(C)Cc1ccccc1OC.I. The minimum absolute atomic E-state index is 0. The first kappa shape index (κ1) is 22.7. The normalized spacial score (nSPS) is 10.9. The lowest BCUT2D eigenvalue weighted by Gasteiger charge is -2.23. The summed E-state index contributed by atoms with van der Waals surface area (Å²) in [5.41, 5.74) is 3.22. The standard InChI is InChI=1S/C21H26N6O.HI/c1-4-22-21(27(2)14-18-9-5-6-11-19(18)28-3)23-13-16-8-7-10-17(12-16)20-24-15-25-26-20;/h5-12,15H,4,13-14H2,1-3H3,(H,22,23)(H,24,25,26);1H. The van der Waals surface area contributed by atoms with E-state index in [-0.39, 0.29) is 24.0 Å². The van der Waals surface area contributed by atoms with Crippen molar-refractivity contribution in [2.75, 3.05) is 20.7 Å². The molecular weight excluding hydrogens is 479 g/mol. The van der Waals surface area contributed by atoms with Gasteiger partial charge in [-0.2, -0.15) is 5.10 Å². The van der Waals surface area contributed by atoms with Gasteiger partial charge in [0.15, 0.2) is 11.8 Å². The predicted octanol–water partition coefficient (Wildman–Crippen LogP) is 3.70. The van der Waals surface area contributed by atoms with Gasteiger partial charge >= 0.3 is 0 Å². The number of hydrogen-bond acceptors (Lipinski definition) is 4. The van der Waals surface area contributed by atoms with Gasteiger partial charge in [0.25, 0.3) is 0 Å².